The number of rotatable bonds is 10. The van der Waals surface area contributed by atoms with E-state index in [9.17, 15) is 13.2 Å². The van der Waals surface area contributed by atoms with E-state index >= 15 is 0 Å². The Balaban J connectivity index is 2.61. The number of ether oxygens (including phenoxy) is 2. The summed E-state index contributed by atoms with van der Waals surface area (Å²) in [5, 5.41) is 8.51. The van der Waals surface area contributed by atoms with Crippen molar-refractivity contribution < 1.29 is 27.8 Å². The Morgan fingerprint density at radius 2 is 1.91 bits per heavy atom. The van der Waals surface area contributed by atoms with Gasteiger partial charge in [-0.05, 0) is 25.0 Å². The number of unbranched alkanes of at least 4 members (excludes halogenated alkanes) is 2. The van der Waals surface area contributed by atoms with Crippen LogP contribution in [0.4, 0.5) is 0 Å². The normalized spacial score (nSPS) is 11.2. The highest BCUT2D eigenvalue weighted by atomic mass is 32.2. The van der Waals surface area contributed by atoms with Crippen molar-refractivity contribution in [3.05, 3.63) is 18.2 Å². The third-order valence-corrected chi connectivity index (χ3v) is 4.52. The molecule has 0 aliphatic heterocycles. The van der Waals surface area contributed by atoms with Gasteiger partial charge in [0, 0.05) is 19.0 Å². The molecule has 0 unspecified atom stereocenters. The smallest absolute Gasteiger partial charge is 0.303 e. The second-order valence-corrected chi connectivity index (χ2v) is 6.35. The molecule has 22 heavy (non-hydrogen) atoms. The van der Waals surface area contributed by atoms with Crippen LogP contribution in [0.25, 0.3) is 0 Å². The van der Waals surface area contributed by atoms with Gasteiger partial charge in [-0.2, -0.15) is 0 Å². The van der Waals surface area contributed by atoms with Gasteiger partial charge >= 0.3 is 5.97 Å². The Kier molecular flexibility index (Phi) is 7.13. The SMILES string of the molecule is COc1ccc(S(=O)(=O)NCCCCCC(=O)O)c(OC)c1. The molecule has 0 saturated carbocycles. The van der Waals surface area contributed by atoms with Crippen LogP contribution in [0.2, 0.25) is 0 Å². The van der Waals surface area contributed by atoms with Gasteiger partial charge in [0.2, 0.25) is 10.0 Å². The average molecular weight is 331 g/mol. The number of aliphatic carboxylic acids is 1. The quantitative estimate of drug-likeness (QED) is 0.632. The summed E-state index contributed by atoms with van der Waals surface area (Å²) in [4.78, 5) is 10.4. The predicted molar refractivity (Wildman–Crippen MR) is 80.8 cm³/mol. The second kappa shape index (κ2) is 8.60. The zero-order valence-corrected chi connectivity index (χ0v) is 13.5. The molecule has 0 atom stereocenters. The van der Waals surface area contributed by atoms with E-state index in [1.807, 2.05) is 0 Å². The molecule has 1 aromatic rings. The first-order chi connectivity index (χ1) is 10.4. The van der Waals surface area contributed by atoms with Gasteiger partial charge in [-0.1, -0.05) is 6.42 Å². The average Bonchev–Trinajstić information content (AvgIpc) is 2.49. The molecule has 0 aliphatic carbocycles. The van der Waals surface area contributed by atoms with Crippen molar-refractivity contribution in [2.75, 3.05) is 20.8 Å². The van der Waals surface area contributed by atoms with Gasteiger partial charge in [0.1, 0.15) is 16.4 Å². The number of benzene rings is 1. The van der Waals surface area contributed by atoms with E-state index in [2.05, 4.69) is 4.72 Å². The molecular weight excluding hydrogens is 310 g/mol. The molecular formula is C14H21NO6S. The van der Waals surface area contributed by atoms with Crippen LogP contribution >= 0.6 is 0 Å². The molecule has 7 nitrogen and oxygen atoms in total. The van der Waals surface area contributed by atoms with Gasteiger partial charge in [-0.25, -0.2) is 13.1 Å². The molecule has 0 heterocycles. The highest BCUT2D eigenvalue weighted by Crippen LogP contribution is 2.28. The highest BCUT2D eigenvalue weighted by molar-refractivity contribution is 7.89. The fourth-order valence-electron chi connectivity index (χ4n) is 1.86. The summed E-state index contributed by atoms with van der Waals surface area (Å²) in [7, 11) is -0.805. The third kappa shape index (κ3) is 5.53. The Bertz CT molecular complexity index is 599. The lowest BCUT2D eigenvalue weighted by Gasteiger charge is -2.11. The molecule has 0 saturated heterocycles. The molecule has 124 valence electrons. The summed E-state index contributed by atoms with van der Waals surface area (Å²) >= 11 is 0. The maximum Gasteiger partial charge on any atom is 0.303 e. The topological polar surface area (TPSA) is 102 Å². The van der Waals surface area contributed by atoms with Gasteiger partial charge in [0.05, 0.1) is 14.2 Å². The minimum atomic E-state index is -3.68. The van der Waals surface area contributed by atoms with Crippen molar-refractivity contribution in [3.63, 3.8) is 0 Å². The maximum absolute atomic E-state index is 12.2. The predicted octanol–water partition coefficient (Wildman–Crippen LogP) is 1.63. The Labute approximate surface area is 130 Å². The van der Waals surface area contributed by atoms with E-state index in [-0.39, 0.29) is 23.6 Å². The molecule has 0 bridgehead atoms. The summed E-state index contributed by atoms with van der Waals surface area (Å²) in [5.41, 5.74) is 0. The van der Waals surface area contributed by atoms with Crippen molar-refractivity contribution in [1.82, 2.24) is 4.72 Å². The monoisotopic (exact) mass is 331 g/mol. The fraction of sp³-hybridized carbons (Fsp3) is 0.500. The van der Waals surface area contributed by atoms with Crippen molar-refractivity contribution in [1.29, 1.82) is 0 Å². The molecule has 0 amide bonds. The van der Waals surface area contributed by atoms with Gasteiger partial charge in [0.15, 0.2) is 0 Å². The standard InChI is InChI=1S/C14H21NO6S/c1-20-11-7-8-13(12(10-11)21-2)22(18,19)15-9-5-3-4-6-14(16)17/h7-8,10,15H,3-6,9H2,1-2H3,(H,16,17). The molecule has 0 spiro atoms. The molecule has 1 rings (SSSR count). The van der Waals surface area contributed by atoms with Crippen LogP contribution in [0, 0.1) is 0 Å². The summed E-state index contributed by atoms with van der Waals surface area (Å²) in [6.45, 7) is 0.247. The van der Waals surface area contributed by atoms with Crippen LogP contribution in [0.1, 0.15) is 25.7 Å². The van der Waals surface area contributed by atoms with Crippen LogP contribution in [0.15, 0.2) is 23.1 Å². The first-order valence-electron chi connectivity index (χ1n) is 6.84. The Morgan fingerprint density at radius 1 is 1.18 bits per heavy atom. The molecule has 0 aliphatic rings. The van der Waals surface area contributed by atoms with Crippen molar-refractivity contribution in [2.45, 2.75) is 30.6 Å². The minimum absolute atomic E-state index is 0.0429. The summed E-state index contributed by atoms with van der Waals surface area (Å²) in [6.07, 6.45) is 1.85. The molecule has 0 fully saturated rings. The van der Waals surface area contributed by atoms with Crippen LogP contribution < -0.4 is 14.2 Å². The Morgan fingerprint density at radius 3 is 2.50 bits per heavy atom. The van der Waals surface area contributed by atoms with Gasteiger partial charge in [-0.3, -0.25) is 4.79 Å². The Hall–Kier alpha value is -1.80. The van der Waals surface area contributed by atoms with Crippen LogP contribution in [0.5, 0.6) is 11.5 Å². The maximum atomic E-state index is 12.2. The van der Waals surface area contributed by atoms with Crippen LogP contribution in [0.3, 0.4) is 0 Å². The van der Waals surface area contributed by atoms with Crippen LogP contribution in [-0.2, 0) is 14.8 Å². The zero-order valence-electron chi connectivity index (χ0n) is 12.7. The molecule has 1 aromatic carbocycles. The van der Waals surface area contributed by atoms with Crippen molar-refractivity contribution >= 4 is 16.0 Å². The molecule has 2 N–H and O–H groups in total. The lowest BCUT2D eigenvalue weighted by molar-refractivity contribution is -0.137. The lowest BCUT2D eigenvalue weighted by Crippen LogP contribution is -2.25. The number of carboxylic acids is 1. The highest BCUT2D eigenvalue weighted by Gasteiger charge is 2.19. The van der Waals surface area contributed by atoms with Crippen LogP contribution in [-0.4, -0.2) is 40.3 Å². The fourth-order valence-corrected chi connectivity index (χ4v) is 3.08. The number of hydrogen-bond donors (Lipinski definition) is 2. The number of hydrogen-bond acceptors (Lipinski definition) is 5. The third-order valence-electron chi connectivity index (χ3n) is 3.02. The first kappa shape index (κ1) is 18.2. The van der Waals surface area contributed by atoms with Crippen molar-refractivity contribution in [3.8, 4) is 11.5 Å². The van der Waals surface area contributed by atoms with E-state index in [4.69, 9.17) is 14.6 Å². The van der Waals surface area contributed by atoms with E-state index < -0.39 is 16.0 Å². The lowest BCUT2D eigenvalue weighted by atomic mass is 10.2. The van der Waals surface area contributed by atoms with E-state index in [1.54, 1.807) is 6.07 Å². The first-order valence-corrected chi connectivity index (χ1v) is 8.32. The summed E-state index contributed by atoms with van der Waals surface area (Å²) < 4.78 is 37.0. The van der Waals surface area contributed by atoms with E-state index in [1.165, 1.54) is 26.4 Å². The van der Waals surface area contributed by atoms with Gasteiger partial charge < -0.3 is 14.6 Å². The second-order valence-electron chi connectivity index (χ2n) is 4.62. The summed E-state index contributed by atoms with van der Waals surface area (Å²) in [6, 6.07) is 4.47. The zero-order chi connectivity index (χ0) is 16.6. The van der Waals surface area contributed by atoms with E-state index in [0.29, 0.717) is 25.0 Å². The minimum Gasteiger partial charge on any atom is -0.497 e. The number of nitrogens with one attached hydrogen (secondary N) is 1. The largest absolute Gasteiger partial charge is 0.497 e. The molecule has 8 heteroatoms. The van der Waals surface area contributed by atoms with Gasteiger partial charge in [0.25, 0.3) is 0 Å². The number of methoxy groups -OCH3 is 2. The molecule has 0 aromatic heterocycles. The number of carbonyl (C=O) groups is 1. The summed E-state index contributed by atoms with van der Waals surface area (Å²) in [5.74, 6) is -0.134. The number of sulfonamides is 1. The van der Waals surface area contributed by atoms with E-state index in [0.717, 1.165) is 0 Å². The van der Waals surface area contributed by atoms with Gasteiger partial charge in [-0.15, -0.1) is 0 Å². The number of carboxylic acid groups (broad SMARTS) is 1. The van der Waals surface area contributed by atoms with Crippen molar-refractivity contribution in [2.24, 2.45) is 0 Å². The molecule has 0 radical (unpaired) electrons.